The Labute approximate surface area is 186 Å². The smallest absolute Gasteiger partial charge is 0.264 e. The van der Waals surface area contributed by atoms with Gasteiger partial charge in [-0.25, -0.2) is 9.97 Å². The number of para-hydroxylation sites is 1. The van der Waals surface area contributed by atoms with E-state index in [1.165, 1.54) is 11.3 Å². The zero-order valence-corrected chi connectivity index (χ0v) is 18.1. The molecule has 1 N–H and O–H groups in total. The second-order valence-corrected chi connectivity index (χ2v) is 8.76. The Balaban J connectivity index is 1.21. The Morgan fingerprint density at radius 3 is 2.48 bits per heavy atom. The van der Waals surface area contributed by atoms with Crippen LogP contribution in [0.5, 0.6) is 11.5 Å². The van der Waals surface area contributed by atoms with E-state index in [9.17, 15) is 4.79 Å². The van der Waals surface area contributed by atoms with Crippen LogP contribution in [-0.4, -0.2) is 29.6 Å². The summed E-state index contributed by atoms with van der Waals surface area (Å²) in [6.07, 6.45) is 0. The quantitative estimate of drug-likeness (QED) is 0.367. The van der Waals surface area contributed by atoms with Gasteiger partial charge >= 0.3 is 0 Å². The van der Waals surface area contributed by atoms with Gasteiger partial charge < -0.3 is 9.47 Å². The lowest BCUT2D eigenvalue weighted by atomic mass is 10.2. The maximum absolute atomic E-state index is 12.3. The molecule has 2 heterocycles. The number of rotatable bonds is 6. The second kappa shape index (κ2) is 8.33. The number of hydrogen-bond acceptors (Lipinski definition) is 7. The standard InChI is InChI=1S/C23H17N3O3S2/c1-28-16-10-11-18-20(12-16)31-23(25-18)26-21(27)13-29-15-8-6-14(7-9-15)22-24-17-4-2-3-5-19(17)30-22/h2-12H,13H2,1H3,(H,25,26,27). The van der Waals surface area contributed by atoms with Gasteiger partial charge in [0.05, 0.1) is 27.5 Å². The molecule has 6 nitrogen and oxygen atoms in total. The molecule has 0 spiro atoms. The average molecular weight is 448 g/mol. The highest BCUT2D eigenvalue weighted by molar-refractivity contribution is 7.22. The van der Waals surface area contributed by atoms with Crippen LogP contribution in [0.3, 0.4) is 0 Å². The minimum atomic E-state index is -0.263. The van der Waals surface area contributed by atoms with Crippen molar-refractivity contribution in [2.24, 2.45) is 0 Å². The first-order valence-corrected chi connectivity index (χ1v) is 11.1. The van der Waals surface area contributed by atoms with E-state index < -0.39 is 0 Å². The fourth-order valence-corrected chi connectivity index (χ4v) is 4.96. The largest absolute Gasteiger partial charge is 0.497 e. The van der Waals surface area contributed by atoms with Crippen LogP contribution in [0, 0.1) is 0 Å². The minimum Gasteiger partial charge on any atom is -0.497 e. The van der Waals surface area contributed by atoms with E-state index >= 15 is 0 Å². The van der Waals surface area contributed by atoms with Crippen LogP contribution < -0.4 is 14.8 Å². The van der Waals surface area contributed by atoms with E-state index in [-0.39, 0.29) is 12.5 Å². The summed E-state index contributed by atoms with van der Waals surface area (Å²) in [5.74, 6) is 1.11. The van der Waals surface area contributed by atoms with Crippen molar-refractivity contribution in [2.75, 3.05) is 19.0 Å². The van der Waals surface area contributed by atoms with E-state index in [2.05, 4.69) is 21.4 Å². The number of benzene rings is 3. The van der Waals surface area contributed by atoms with E-state index in [0.29, 0.717) is 10.9 Å². The highest BCUT2D eigenvalue weighted by Gasteiger charge is 2.10. The molecule has 0 aliphatic carbocycles. The number of ether oxygens (including phenoxy) is 2. The Morgan fingerprint density at radius 1 is 0.903 bits per heavy atom. The minimum absolute atomic E-state index is 0.0975. The molecule has 0 saturated heterocycles. The van der Waals surface area contributed by atoms with E-state index in [1.807, 2.05) is 60.7 Å². The highest BCUT2D eigenvalue weighted by Crippen LogP contribution is 2.31. The summed E-state index contributed by atoms with van der Waals surface area (Å²) in [7, 11) is 1.62. The number of carbonyl (C=O) groups excluding carboxylic acids is 1. The highest BCUT2D eigenvalue weighted by atomic mass is 32.1. The molecule has 2 aromatic heterocycles. The summed E-state index contributed by atoms with van der Waals surface area (Å²) in [6, 6.07) is 21.3. The Kier molecular flexibility index (Phi) is 5.23. The molecule has 154 valence electrons. The van der Waals surface area contributed by atoms with Gasteiger partial charge in [0.15, 0.2) is 11.7 Å². The molecule has 5 rings (SSSR count). The summed E-state index contributed by atoms with van der Waals surface area (Å²) in [6.45, 7) is -0.0975. The van der Waals surface area contributed by atoms with Gasteiger partial charge in [-0.3, -0.25) is 10.1 Å². The first kappa shape index (κ1) is 19.5. The van der Waals surface area contributed by atoms with Crippen molar-refractivity contribution in [3.8, 4) is 22.1 Å². The number of nitrogens with one attached hydrogen (secondary N) is 1. The summed E-state index contributed by atoms with van der Waals surface area (Å²) in [5.41, 5.74) is 2.82. The molecule has 31 heavy (non-hydrogen) atoms. The molecular weight excluding hydrogens is 430 g/mol. The van der Waals surface area contributed by atoms with Gasteiger partial charge in [0.1, 0.15) is 16.5 Å². The van der Waals surface area contributed by atoms with Crippen molar-refractivity contribution >= 4 is 54.1 Å². The third-order valence-electron chi connectivity index (χ3n) is 4.61. The molecule has 3 aromatic carbocycles. The van der Waals surface area contributed by atoms with Crippen molar-refractivity contribution in [3.05, 3.63) is 66.7 Å². The number of hydrogen-bond donors (Lipinski definition) is 1. The molecule has 0 atom stereocenters. The van der Waals surface area contributed by atoms with Gasteiger partial charge in [0.2, 0.25) is 0 Å². The van der Waals surface area contributed by atoms with Gasteiger partial charge in [0.25, 0.3) is 5.91 Å². The van der Waals surface area contributed by atoms with Gasteiger partial charge in [-0.15, -0.1) is 11.3 Å². The van der Waals surface area contributed by atoms with E-state index in [1.54, 1.807) is 18.4 Å². The van der Waals surface area contributed by atoms with Gasteiger partial charge in [-0.05, 0) is 54.6 Å². The number of methoxy groups -OCH3 is 1. The lowest BCUT2D eigenvalue weighted by Gasteiger charge is -2.06. The Morgan fingerprint density at radius 2 is 1.68 bits per heavy atom. The molecule has 5 aromatic rings. The van der Waals surface area contributed by atoms with Crippen molar-refractivity contribution in [1.82, 2.24) is 9.97 Å². The molecule has 0 saturated carbocycles. The van der Waals surface area contributed by atoms with Crippen LogP contribution >= 0.6 is 22.7 Å². The average Bonchev–Trinajstić information content (AvgIpc) is 3.41. The molecule has 0 fully saturated rings. The molecule has 0 radical (unpaired) electrons. The SMILES string of the molecule is COc1ccc2nc(NC(=O)COc3ccc(-c4nc5ccccc5s4)cc3)sc2c1. The van der Waals surface area contributed by atoms with Crippen LogP contribution in [0.1, 0.15) is 0 Å². The fraction of sp³-hybridized carbons (Fsp3) is 0.0870. The molecule has 1 amide bonds. The lowest BCUT2D eigenvalue weighted by Crippen LogP contribution is -2.19. The summed E-state index contributed by atoms with van der Waals surface area (Å²) >= 11 is 3.04. The summed E-state index contributed by atoms with van der Waals surface area (Å²) in [4.78, 5) is 21.3. The maximum Gasteiger partial charge on any atom is 0.264 e. The fourth-order valence-electron chi connectivity index (χ4n) is 3.08. The molecule has 0 aliphatic heterocycles. The molecular formula is C23H17N3O3S2. The van der Waals surface area contributed by atoms with Gasteiger partial charge in [0, 0.05) is 5.56 Å². The summed E-state index contributed by atoms with van der Waals surface area (Å²) < 4.78 is 12.9. The zero-order chi connectivity index (χ0) is 21.2. The lowest BCUT2D eigenvalue weighted by molar-refractivity contribution is -0.118. The van der Waals surface area contributed by atoms with Crippen molar-refractivity contribution in [1.29, 1.82) is 0 Å². The predicted octanol–water partition coefficient (Wildman–Crippen LogP) is 5.60. The van der Waals surface area contributed by atoms with E-state index in [0.717, 1.165) is 36.8 Å². The molecule has 0 unspecified atom stereocenters. The number of thiazole rings is 2. The second-order valence-electron chi connectivity index (χ2n) is 6.70. The molecule has 0 bridgehead atoms. The topological polar surface area (TPSA) is 73.3 Å². The van der Waals surface area contributed by atoms with Crippen molar-refractivity contribution in [2.45, 2.75) is 0 Å². The van der Waals surface area contributed by atoms with Crippen LogP contribution in [0.4, 0.5) is 5.13 Å². The molecule has 0 aliphatic rings. The number of aromatic nitrogens is 2. The molecule has 8 heteroatoms. The third-order valence-corrected chi connectivity index (χ3v) is 6.63. The van der Waals surface area contributed by atoms with Crippen molar-refractivity contribution < 1.29 is 14.3 Å². The number of amides is 1. The normalized spacial score (nSPS) is 11.0. The number of nitrogens with zero attached hydrogens (tertiary/aromatic N) is 2. The number of anilines is 1. The number of fused-ring (bicyclic) bond motifs is 2. The van der Waals surface area contributed by atoms with E-state index in [4.69, 9.17) is 9.47 Å². The first-order valence-electron chi connectivity index (χ1n) is 9.51. The van der Waals surface area contributed by atoms with Crippen molar-refractivity contribution in [3.63, 3.8) is 0 Å². The zero-order valence-electron chi connectivity index (χ0n) is 16.5. The van der Waals surface area contributed by atoms with Crippen LogP contribution in [0.2, 0.25) is 0 Å². The van der Waals surface area contributed by atoms with Crippen LogP contribution in [0.25, 0.3) is 31.0 Å². The monoisotopic (exact) mass is 447 g/mol. The third kappa shape index (κ3) is 4.21. The van der Waals surface area contributed by atoms with Gasteiger partial charge in [-0.2, -0.15) is 0 Å². The van der Waals surface area contributed by atoms with Gasteiger partial charge in [-0.1, -0.05) is 23.5 Å². The first-order chi connectivity index (χ1) is 15.2. The van der Waals surface area contributed by atoms with Crippen LogP contribution in [-0.2, 0) is 4.79 Å². The summed E-state index contributed by atoms with van der Waals surface area (Å²) in [5, 5.41) is 4.27. The van der Waals surface area contributed by atoms with Crippen LogP contribution in [0.15, 0.2) is 66.7 Å². The number of carbonyl (C=O) groups is 1. The maximum atomic E-state index is 12.3. The predicted molar refractivity (Wildman–Crippen MR) is 125 cm³/mol. The Bertz CT molecular complexity index is 1340. The Hall–Kier alpha value is -3.49.